The molecule has 0 saturated heterocycles. The molecule has 0 radical (unpaired) electrons. The second-order valence-corrected chi connectivity index (χ2v) is 5.44. The number of hydrogen-bond donors (Lipinski definition) is 4. The maximum atomic E-state index is 11.8. The van der Waals surface area contributed by atoms with Crippen LogP contribution in [-0.2, 0) is 16.0 Å². The third-order valence-electron chi connectivity index (χ3n) is 3.10. The highest BCUT2D eigenvalue weighted by Gasteiger charge is 2.26. The summed E-state index contributed by atoms with van der Waals surface area (Å²) < 4.78 is 0. The fourth-order valence-corrected chi connectivity index (χ4v) is 1.50. The highest BCUT2D eigenvalue weighted by atomic mass is 16.3. The number of phenols is 1. The molecule has 6 N–H and O–H groups in total. The zero-order valence-corrected chi connectivity index (χ0v) is 11.7. The lowest BCUT2D eigenvalue weighted by Gasteiger charge is -2.22. The lowest BCUT2D eigenvalue weighted by molar-refractivity contribution is -0.127. The number of amides is 2. The Kier molecular flexibility index (Phi) is 5.10. The van der Waals surface area contributed by atoms with Crippen LogP contribution >= 0.6 is 0 Å². The van der Waals surface area contributed by atoms with Gasteiger partial charge in [0.15, 0.2) is 0 Å². The van der Waals surface area contributed by atoms with E-state index in [1.54, 1.807) is 26.0 Å². The van der Waals surface area contributed by atoms with Crippen molar-refractivity contribution < 1.29 is 14.7 Å². The minimum Gasteiger partial charge on any atom is -0.508 e. The van der Waals surface area contributed by atoms with Crippen molar-refractivity contribution in [3.63, 3.8) is 0 Å². The Bertz CT molecular complexity index is 483. The van der Waals surface area contributed by atoms with Gasteiger partial charge in [0.25, 0.3) is 0 Å². The number of carbonyl (C=O) groups excluding carboxylic acids is 2. The molecule has 110 valence electrons. The lowest BCUT2D eigenvalue weighted by atomic mass is 9.92. The van der Waals surface area contributed by atoms with E-state index < -0.39 is 17.4 Å². The van der Waals surface area contributed by atoms with Crippen LogP contribution in [0.3, 0.4) is 0 Å². The van der Waals surface area contributed by atoms with E-state index in [-0.39, 0.29) is 18.2 Å². The molecule has 0 aliphatic carbocycles. The molecule has 20 heavy (non-hydrogen) atoms. The van der Waals surface area contributed by atoms with E-state index in [2.05, 4.69) is 5.32 Å². The molecule has 1 aromatic rings. The van der Waals surface area contributed by atoms with Gasteiger partial charge in [-0.25, -0.2) is 0 Å². The van der Waals surface area contributed by atoms with Crippen molar-refractivity contribution in [1.82, 2.24) is 5.32 Å². The molecule has 0 aromatic heterocycles. The molecule has 6 heteroatoms. The van der Waals surface area contributed by atoms with Crippen LogP contribution in [0.25, 0.3) is 0 Å². The van der Waals surface area contributed by atoms with Crippen molar-refractivity contribution >= 4 is 11.8 Å². The van der Waals surface area contributed by atoms with E-state index in [4.69, 9.17) is 11.5 Å². The van der Waals surface area contributed by atoms with Crippen molar-refractivity contribution in [3.8, 4) is 5.75 Å². The Morgan fingerprint density at radius 1 is 1.30 bits per heavy atom. The van der Waals surface area contributed by atoms with Crippen LogP contribution in [0.4, 0.5) is 0 Å². The van der Waals surface area contributed by atoms with Crippen LogP contribution in [0.5, 0.6) is 5.75 Å². The first kappa shape index (κ1) is 16.0. The molecule has 1 aromatic carbocycles. The number of carbonyl (C=O) groups is 2. The number of nitrogens with one attached hydrogen (secondary N) is 1. The lowest BCUT2D eigenvalue weighted by Crippen LogP contribution is -2.48. The van der Waals surface area contributed by atoms with Gasteiger partial charge in [-0.3, -0.25) is 9.59 Å². The molecule has 0 saturated carbocycles. The van der Waals surface area contributed by atoms with Gasteiger partial charge in [0.05, 0.1) is 11.5 Å². The minimum absolute atomic E-state index is 0.143. The number of phenolic OH excluding ortho intramolecular Hbond substituents is 1. The summed E-state index contributed by atoms with van der Waals surface area (Å²) in [5.41, 5.74) is 11.1. The molecule has 0 aliphatic heterocycles. The van der Waals surface area contributed by atoms with Gasteiger partial charge in [0.1, 0.15) is 5.75 Å². The number of hydrogen-bond acceptors (Lipinski definition) is 4. The standard InChI is InChI=1S/C14H21N3O3/c1-14(2,13(16)20)8-17-12(19)11(15)7-9-3-5-10(18)6-4-9/h3-6,11,18H,7-8,15H2,1-2H3,(H2,16,20)(H,17,19)/t11-/m0/s1. The molecule has 1 atom stereocenters. The highest BCUT2D eigenvalue weighted by Crippen LogP contribution is 2.13. The molecule has 0 bridgehead atoms. The topological polar surface area (TPSA) is 118 Å². The average Bonchev–Trinajstić information content (AvgIpc) is 2.38. The van der Waals surface area contributed by atoms with Gasteiger partial charge >= 0.3 is 0 Å². The first-order valence-electron chi connectivity index (χ1n) is 6.33. The third-order valence-corrected chi connectivity index (χ3v) is 3.10. The number of rotatable bonds is 6. The molecule has 0 unspecified atom stereocenters. The quantitative estimate of drug-likeness (QED) is 0.581. The monoisotopic (exact) mass is 279 g/mol. The van der Waals surface area contributed by atoms with Gasteiger partial charge < -0.3 is 21.9 Å². The summed E-state index contributed by atoms with van der Waals surface area (Å²) in [5, 5.41) is 11.8. The van der Waals surface area contributed by atoms with E-state index in [0.717, 1.165) is 5.56 Å². The Labute approximate surface area is 118 Å². The first-order valence-corrected chi connectivity index (χ1v) is 6.33. The Morgan fingerprint density at radius 2 is 1.85 bits per heavy atom. The zero-order valence-electron chi connectivity index (χ0n) is 11.7. The summed E-state index contributed by atoms with van der Waals surface area (Å²) in [6.07, 6.45) is 0.350. The normalized spacial score (nSPS) is 12.8. The van der Waals surface area contributed by atoms with Crippen LogP contribution in [0.15, 0.2) is 24.3 Å². The number of benzene rings is 1. The van der Waals surface area contributed by atoms with Crippen molar-refractivity contribution in [2.75, 3.05) is 6.54 Å². The molecule has 2 amide bonds. The fraction of sp³-hybridized carbons (Fsp3) is 0.429. The number of aromatic hydroxyl groups is 1. The Morgan fingerprint density at radius 3 is 2.35 bits per heavy atom. The van der Waals surface area contributed by atoms with Crippen LogP contribution in [-0.4, -0.2) is 29.5 Å². The molecular weight excluding hydrogens is 258 g/mol. The summed E-state index contributed by atoms with van der Waals surface area (Å²) in [4.78, 5) is 23.0. The van der Waals surface area contributed by atoms with E-state index in [1.165, 1.54) is 12.1 Å². The molecule has 6 nitrogen and oxygen atoms in total. The van der Waals surface area contributed by atoms with Crippen LogP contribution in [0, 0.1) is 5.41 Å². The summed E-state index contributed by atoms with van der Waals surface area (Å²) in [5.74, 6) is -0.660. The van der Waals surface area contributed by atoms with Gasteiger partial charge in [-0.15, -0.1) is 0 Å². The average molecular weight is 279 g/mol. The zero-order chi connectivity index (χ0) is 15.3. The smallest absolute Gasteiger partial charge is 0.237 e. The molecule has 1 rings (SSSR count). The van der Waals surface area contributed by atoms with Crippen LogP contribution in [0.1, 0.15) is 19.4 Å². The SMILES string of the molecule is CC(C)(CNC(=O)[C@@H](N)Cc1ccc(O)cc1)C(N)=O. The first-order chi connectivity index (χ1) is 9.22. The molecule has 0 aliphatic rings. The predicted molar refractivity (Wildman–Crippen MR) is 75.8 cm³/mol. The fourth-order valence-electron chi connectivity index (χ4n) is 1.50. The number of nitrogens with two attached hydrogens (primary N) is 2. The van der Waals surface area contributed by atoms with Crippen molar-refractivity contribution in [1.29, 1.82) is 0 Å². The summed E-state index contributed by atoms with van der Waals surface area (Å²) >= 11 is 0. The summed E-state index contributed by atoms with van der Waals surface area (Å²) in [6.45, 7) is 3.45. The molecule has 0 heterocycles. The molecule has 0 fully saturated rings. The second-order valence-electron chi connectivity index (χ2n) is 5.44. The highest BCUT2D eigenvalue weighted by molar-refractivity contribution is 5.84. The van der Waals surface area contributed by atoms with Crippen LogP contribution in [0.2, 0.25) is 0 Å². The van der Waals surface area contributed by atoms with Crippen molar-refractivity contribution in [2.24, 2.45) is 16.9 Å². The van der Waals surface area contributed by atoms with Gasteiger partial charge in [0.2, 0.25) is 11.8 Å². The van der Waals surface area contributed by atoms with Crippen molar-refractivity contribution in [2.45, 2.75) is 26.3 Å². The minimum atomic E-state index is -0.812. The Balaban J connectivity index is 2.51. The second kappa shape index (κ2) is 6.38. The number of primary amides is 1. The van der Waals surface area contributed by atoms with E-state index in [9.17, 15) is 14.7 Å². The maximum absolute atomic E-state index is 11.8. The van der Waals surface area contributed by atoms with E-state index in [0.29, 0.717) is 6.42 Å². The van der Waals surface area contributed by atoms with Gasteiger partial charge in [0, 0.05) is 6.54 Å². The van der Waals surface area contributed by atoms with Crippen molar-refractivity contribution in [3.05, 3.63) is 29.8 Å². The van der Waals surface area contributed by atoms with Gasteiger partial charge in [-0.2, -0.15) is 0 Å². The van der Waals surface area contributed by atoms with E-state index >= 15 is 0 Å². The maximum Gasteiger partial charge on any atom is 0.237 e. The summed E-state index contributed by atoms with van der Waals surface area (Å²) in [6, 6.07) is 5.76. The van der Waals surface area contributed by atoms with E-state index in [1.807, 2.05) is 0 Å². The molecule has 0 spiro atoms. The predicted octanol–water partition coefficient (Wildman–Crippen LogP) is -0.110. The summed E-state index contributed by atoms with van der Waals surface area (Å²) in [7, 11) is 0. The molecular formula is C14H21N3O3. The van der Waals surface area contributed by atoms with Gasteiger partial charge in [-0.1, -0.05) is 12.1 Å². The van der Waals surface area contributed by atoms with Crippen LogP contribution < -0.4 is 16.8 Å². The largest absolute Gasteiger partial charge is 0.508 e. The van der Waals surface area contributed by atoms with Gasteiger partial charge in [-0.05, 0) is 38.0 Å². The Hall–Kier alpha value is -2.08. The third kappa shape index (κ3) is 4.55.